The average molecular weight is 459 g/mol. The van der Waals surface area contributed by atoms with Gasteiger partial charge < -0.3 is 4.74 Å². The number of hydrazone groups is 1. The van der Waals surface area contributed by atoms with Crippen LogP contribution in [0.4, 0.5) is 17.1 Å². The van der Waals surface area contributed by atoms with Crippen molar-refractivity contribution in [3.05, 3.63) is 89.4 Å². The Morgan fingerprint density at radius 1 is 1.03 bits per heavy atom. The fourth-order valence-corrected chi connectivity index (χ4v) is 4.52. The Balaban J connectivity index is 1.72. The van der Waals surface area contributed by atoms with Crippen molar-refractivity contribution in [3.63, 3.8) is 0 Å². The Labute approximate surface area is 197 Å². The van der Waals surface area contributed by atoms with Gasteiger partial charge in [0, 0.05) is 11.4 Å². The summed E-state index contributed by atoms with van der Waals surface area (Å²) in [4.78, 5) is 20.1. The van der Waals surface area contributed by atoms with Gasteiger partial charge in [-0.3, -0.25) is 9.89 Å². The van der Waals surface area contributed by atoms with E-state index in [1.807, 2.05) is 76.6 Å². The summed E-state index contributed by atoms with van der Waals surface area (Å²) in [6.45, 7) is 4.12. The summed E-state index contributed by atoms with van der Waals surface area (Å²) in [5, 5.41) is 7.30. The minimum atomic E-state index is -0.753. The molecule has 2 heterocycles. The third-order valence-corrected chi connectivity index (χ3v) is 6.11. The SMILES string of the molecule is CCOC(=O)C1=NN(c2ccc(Cl)cc2)C2(C)CC(c3ccccc3)=Nc3ccccc3N12. The summed E-state index contributed by atoms with van der Waals surface area (Å²) in [5.74, 6) is -0.246. The van der Waals surface area contributed by atoms with E-state index in [9.17, 15) is 4.79 Å². The second kappa shape index (κ2) is 8.37. The number of anilines is 2. The Morgan fingerprint density at radius 2 is 1.73 bits per heavy atom. The maximum absolute atomic E-state index is 13.1. The van der Waals surface area contributed by atoms with E-state index in [2.05, 4.69) is 19.1 Å². The van der Waals surface area contributed by atoms with Gasteiger partial charge in [-0.15, -0.1) is 5.10 Å². The zero-order valence-electron chi connectivity index (χ0n) is 18.4. The van der Waals surface area contributed by atoms with Crippen molar-refractivity contribution in [2.45, 2.75) is 25.9 Å². The van der Waals surface area contributed by atoms with Crippen LogP contribution < -0.4 is 9.91 Å². The third kappa shape index (κ3) is 3.66. The molecule has 0 radical (unpaired) electrons. The lowest BCUT2D eigenvalue weighted by Crippen LogP contribution is -2.56. The molecule has 1 atom stereocenters. The van der Waals surface area contributed by atoms with Gasteiger partial charge in [0.15, 0.2) is 0 Å². The lowest BCUT2D eigenvalue weighted by molar-refractivity contribution is -0.135. The number of hydrogen-bond acceptors (Lipinski definition) is 6. The van der Waals surface area contributed by atoms with Gasteiger partial charge in [0.25, 0.3) is 0 Å². The predicted molar refractivity (Wildman–Crippen MR) is 133 cm³/mol. The normalized spacial score (nSPS) is 19.2. The summed E-state index contributed by atoms with van der Waals surface area (Å²) >= 11 is 6.15. The molecule has 5 rings (SSSR count). The highest BCUT2D eigenvalue weighted by Crippen LogP contribution is 2.46. The van der Waals surface area contributed by atoms with E-state index in [0.717, 1.165) is 28.3 Å². The number of halogens is 1. The molecule has 0 spiro atoms. The van der Waals surface area contributed by atoms with Crippen molar-refractivity contribution < 1.29 is 9.53 Å². The molecular weight excluding hydrogens is 436 g/mol. The zero-order chi connectivity index (χ0) is 23.0. The van der Waals surface area contributed by atoms with E-state index in [0.29, 0.717) is 11.4 Å². The summed E-state index contributed by atoms with van der Waals surface area (Å²) in [6, 6.07) is 25.3. The number of carbonyl (C=O) groups is 1. The van der Waals surface area contributed by atoms with Crippen LogP contribution in [0.3, 0.4) is 0 Å². The number of fused-ring (bicyclic) bond motifs is 3. The Kier molecular flexibility index (Phi) is 5.38. The van der Waals surface area contributed by atoms with E-state index in [1.165, 1.54) is 0 Å². The summed E-state index contributed by atoms with van der Waals surface area (Å²) in [5.41, 5.74) is 3.57. The predicted octanol–water partition coefficient (Wildman–Crippen LogP) is 5.78. The van der Waals surface area contributed by atoms with E-state index in [-0.39, 0.29) is 12.4 Å². The lowest BCUT2D eigenvalue weighted by atomic mass is 9.96. The summed E-state index contributed by atoms with van der Waals surface area (Å²) in [7, 11) is 0. The minimum Gasteiger partial charge on any atom is -0.460 e. The van der Waals surface area contributed by atoms with Crippen LogP contribution in [-0.4, -0.2) is 29.8 Å². The van der Waals surface area contributed by atoms with Crippen LogP contribution in [-0.2, 0) is 9.53 Å². The first-order valence-corrected chi connectivity index (χ1v) is 11.2. The monoisotopic (exact) mass is 458 g/mol. The molecule has 0 fully saturated rings. The van der Waals surface area contributed by atoms with Gasteiger partial charge >= 0.3 is 5.97 Å². The first-order valence-electron chi connectivity index (χ1n) is 10.8. The van der Waals surface area contributed by atoms with Crippen molar-refractivity contribution in [3.8, 4) is 0 Å². The van der Waals surface area contributed by atoms with Gasteiger partial charge in [-0.25, -0.2) is 9.80 Å². The molecule has 166 valence electrons. The number of benzene rings is 3. The molecule has 3 aromatic carbocycles. The van der Waals surface area contributed by atoms with Gasteiger partial charge in [-0.1, -0.05) is 54.1 Å². The lowest BCUT2D eigenvalue weighted by Gasteiger charge is -2.41. The quantitative estimate of drug-likeness (QED) is 0.465. The van der Waals surface area contributed by atoms with Gasteiger partial charge in [-0.05, 0) is 55.8 Å². The number of nitrogens with zero attached hydrogens (tertiary/aromatic N) is 4. The highest BCUT2D eigenvalue weighted by Gasteiger charge is 2.51. The Morgan fingerprint density at radius 3 is 2.45 bits per heavy atom. The van der Waals surface area contributed by atoms with Crippen LogP contribution in [0, 0.1) is 0 Å². The van der Waals surface area contributed by atoms with Crippen molar-refractivity contribution >= 4 is 46.2 Å². The van der Waals surface area contributed by atoms with E-state index in [4.69, 9.17) is 26.4 Å². The molecule has 0 aliphatic carbocycles. The van der Waals surface area contributed by atoms with Gasteiger partial charge in [0.1, 0.15) is 5.66 Å². The molecule has 0 bridgehead atoms. The number of para-hydroxylation sites is 2. The Bertz CT molecular complexity index is 1260. The largest absolute Gasteiger partial charge is 0.460 e. The van der Waals surface area contributed by atoms with Crippen LogP contribution in [0.5, 0.6) is 0 Å². The fourth-order valence-electron chi connectivity index (χ4n) is 4.39. The molecule has 0 saturated carbocycles. The first kappa shape index (κ1) is 21.2. The van der Waals surface area contributed by atoms with E-state index < -0.39 is 11.6 Å². The number of rotatable bonds is 4. The second-order valence-corrected chi connectivity index (χ2v) is 8.51. The van der Waals surface area contributed by atoms with Crippen LogP contribution in [0.1, 0.15) is 25.8 Å². The summed E-state index contributed by atoms with van der Waals surface area (Å²) in [6.07, 6.45) is 0.515. The summed E-state index contributed by atoms with van der Waals surface area (Å²) < 4.78 is 5.39. The van der Waals surface area contributed by atoms with Crippen LogP contribution >= 0.6 is 11.6 Å². The Hall–Kier alpha value is -3.64. The van der Waals surface area contributed by atoms with Gasteiger partial charge in [0.05, 0.1) is 29.4 Å². The zero-order valence-corrected chi connectivity index (χ0v) is 19.2. The maximum Gasteiger partial charge on any atom is 0.376 e. The van der Waals surface area contributed by atoms with Crippen molar-refractivity contribution in [2.75, 3.05) is 16.5 Å². The van der Waals surface area contributed by atoms with Crippen LogP contribution in [0.15, 0.2) is 89.0 Å². The molecule has 2 aliphatic rings. The molecule has 0 N–H and O–H groups in total. The number of hydrogen-bond donors (Lipinski definition) is 0. The van der Waals surface area contributed by atoms with Crippen molar-refractivity contribution in [1.82, 2.24) is 0 Å². The number of aliphatic imine (C=N–C) groups is 1. The van der Waals surface area contributed by atoms with E-state index >= 15 is 0 Å². The average Bonchev–Trinajstić information content (AvgIpc) is 3.05. The molecule has 0 aromatic heterocycles. The molecule has 7 heteroatoms. The minimum absolute atomic E-state index is 0.228. The molecule has 3 aromatic rings. The van der Waals surface area contributed by atoms with Gasteiger partial charge in [-0.2, -0.15) is 0 Å². The van der Waals surface area contributed by atoms with Crippen LogP contribution in [0.2, 0.25) is 5.02 Å². The van der Waals surface area contributed by atoms with Crippen molar-refractivity contribution in [1.29, 1.82) is 0 Å². The molecule has 33 heavy (non-hydrogen) atoms. The smallest absolute Gasteiger partial charge is 0.376 e. The highest BCUT2D eigenvalue weighted by atomic mass is 35.5. The molecule has 2 aliphatic heterocycles. The van der Waals surface area contributed by atoms with Crippen LogP contribution in [0.25, 0.3) is 0 Å². The number of ether oxygens (including phenoxy) is 1. The van der Waals surface area contributed by atoms with Crippen molar-refractivity contribution in [2.24, 2.45) is 10.1 Å². The standard InChI is InChI=1S/C26H23ClN4O2/c1-3-33-25(32)24-29-31(20-15-13-19(27)14-16-20)26(2)17-22(18-9-5-4-6-10-18)28-21-11-7-8-12-23(21)30(24)26/h4-16H,3,17H2,1-2H3. The third-order valence-electron chi connectivity index (χ3n) is 5.86. The molecule has 0 saturated heterocycles. The molecule has 6 nitrogen and oxygen atoms in total. The first-order chi connectivity index (χ1) is 16.0. The van der Waals surface area contributed by atoms with Gasteiger partial charge in [0.2, 0.25) is 5.84 Å². The fraction of sp³-hybridized carbons (Fsp3) is 0.192. The second-order valence-electron chi connectivity index (χ2n) is 8.07. The number of esters is 1. The molecule has 0 amide bonds. The number of carbonyl (C=O) groups excluding carboxylic acids is 1. The molecular formula is C26H23ClN4O2. The number of amidine groups is 1. The van der Waals surface area contributed by atoms with E-state index in [1.54, 1.807) is 6.92 Å². The molecule has 1 unspecified atom stereocenters. The maximum atomic E-state index is 13.1. The highest BCUT2D eigenvalue weighted by molar-refractivity contribution is 6.43. The topological polar surface area (TPSA) is 57.5 Å².